The molecule has 4 nitrogen and oxygen atoms in total. The summed E-state index contributed by atoms with van der Waals surface area (Å²) in [6.07, 6.45) is 0.970. The lowest BCUT2D eigenvalue weighted by atomic mass is 10.2. The SMILES string of the molecule is CCCN(CCC(=O)OC)C(=O)c1ccc(Cl)c(Cl)c1. The maximum atomic E-state index is 12.4. The molecular formula is C14H17Cl2NO3. The van der Waals surface area contributed by atoms with E-state index in [1.165, 1.54) is 13.2 Å². The van der Waals surface area contributed by atoms with Crippen LogP contribution in [0.25, 0.3) is 0 Å². The summed E-state index contributed by atoms with van der Waals surface area (Å²) < 4.78 is 4.58. The fourth-order valence-electron chi connectivity index (χ4n) is 1.72. The van der Waals surface area contributed by atoms with Gasteiger partial charge in [0.25, 0.3) is 5.91 Å². The van der Waals surface area contributed by atoms with Gasteiger partial charge in [0.2, 0.25) is 0 Å². The number of esters is 1. The van der Waals surface area contributed by atoms with E-state index in [2.05, 4.69) is 4.74 Å². The van der Waals surface area contributed by atoms with Crippen molar-refractivity contribution in [3.8, 4) is 0 Å². The predicted molar refractivity (Wildman–Crippen MR) is 79.3 cm³/mol. The second kappa shape index (κ2) is 8.12. The molecule has 0 fully saturated rings. The van der Waals surface area contributed by atoms with Crippen LogP contribution in [0.3, 0.4) is 0 Å². The molecule has 0 radical (unpaired) electrons. The fourth-order valence-corrected chi connectivity index (χ4v) is 2.02. The molecule has 0 unspecified atom stereocenters. The van der Waals surface area contributed by atoms with Gasteiger partial charge in [-0.05, 0) is 24.6 Å². The molecular weight excluding hydrogens is 301 g/mol. The molecule has 6 heteroatoms. The van der Waals surface area contributed by atoms with Crippen LogP contribution in [0.2, 0.25) is 10.0 Å². The Kier molecular flexibility index (Phi) is 6.82. The van der Waals surface area contributed by atoms with E-state index in [0.717, 1.165) is 6.42 Å². The molecule has 0 saturated heterocycles. The average molecular weight is 318 g/mol. The van der Waals surface area contributed by atoms with Gasteiger partial charge in [0.1, 0.15) is 0 Å². The number of hydrogen-bond donors (Lipinski definition) is 0. The smallest absolute Gasteiger partial charge is 0.307 e. The summed E-state index contributed by atoms with van der Waals surface area (Å²) in [5.74, 6) is -0.512. The highest BCUT2D eigenvalue weighted by atomic mass is 35.5. The van der Waals surface area contributed by atoms with Crippen molar-refractivity contribution >= 4 is 35.1 Å². The zero-order valence-electron chi connectivity index (χ0n) is 11.5. The van der Waals surface area contributed by atoms with E-state index in [1.54, 1.807) is 17.0 Å². The summed E-state index contributed by atoms with van der Waals surface area (Å²) in [4.78, 5) is 25.2. The minimum Gasteiger partial charge on any atom is -0.469 e. The molecule has 1 aromatic rings. The van der Waals surface area contributed by atoms with Gasteiger partial charge in [-0.25, -0.2) is 0 Å². The highest BCUT2D eigenvalue weighted by molar-refractivity contribution is 6.42. The molecule has 0 aliphatic rings. The van der Waals surface area contributed by atoms with E-state index in [-0.39, 0.29) is 18.3 Å². The van der Waals surface area contributed by atoms with Crippen LogP contribution in [0.1, 0.15) is 30.1 Å². The summed E-state index contributed by atoms with van der Waals surface area (Å²) >= 11 is 11.7. The van der Waals surface area contributed by atoms with E-state index < -0.39 is 0 Å². The lowest BCUT2D eigenvalue weighted by molar-refractivity contribution is -0.140. The molecule has 0 aromatic heterocycles. The molecule has 0 spiro atoms. The number of carbonyl (C=O) groups excluding carboxylic acids is 2. The maximum Gasteiger partial charge on any atom is 0.307 e. The van der Waals surface area contributed by atoms with Crippen molar-refractivity contribution in [2.24, 2.45) is 0 Å². The van der Waals surface area contributed by atoms with Crippen molar-refractivity contribution in [3.05, 3.63) is 33.8 Å². The van der Waals surface area contributed by atoms with Gasteiger partial charge >= 0.3 is 5.97 Å². The summed E-state index contributed by atoms with van der Waals surface area (Å²) in [7, 11) is 1.33. The van der Waals surface area contributed by atoms with Crippen molar-refractivity contribution in [2.75, 3.05) is 20.2 Å². The average Bonchev–Trinajstić information content (AvgIpc) is 2.45. The van der Waals surface area contributed by atoms with Crippen molar-refractivity contribution in [3.63, 3.8) is 0 Å². The first kappa shape index (κ1) is 16.8. The third-order valence-corrected chi connectivity index (χ3v) is 3.50. The Morgan fingerprint density at radius 2 is 1.90 bits per heavy atom. The summed E-state index contributed by atoms with van der Waals surface area (Å²) in [5.41, 5.74) is 0.456. The number of methoxy groups -OCH3 is 1. The Morgan fingerprint density at radius 1 is 1.20 bits per heavy atom. The summed E-state index contributed by atoms with van der Waals surface area (Å²) in [6, 6.07) is 4.74. The summed E-state index contributed by atoms with van der Waals surface area (Å²) in [6.45, 7) is 2.85. The third kappa shape index (κ3) is 4.69. The highest BCUT2D eigenvalue weighted by Gasteiger charge is 2.17. The van der Waals surface area contributed by atoms with Crippen molar-refractivity contribution in [1.29, 1.82) is 0 Å². The molecule has 0 bridgehead atoms. The first-order valence-corrected chi connectivity index (χ1v) is 7.06. The highest BCUT2D eigenvalue weighted by Crippen LogP contribution is 2.23. The molecule has 1 aromatic carbocycles. The Hall–Kier alpha value is -1.26. The third-order valence-electron chi connectivity index (χ3n) is 2.76. The summed E-state index contributed by atoms with van der Waals surface area (Å²) in [5, 5.41) is 0.738. The first-order valence-electron chi connectivity index (χ1n) is 6.30. The maximum absolute atomic E-state index is 12.4. The van der Waals surface area contributed by atoms with Gasteiger partial charge < -0.3 is 9.64 Å². The normalized spacial score (nSPS) is 10.2. The fraction of sp³-hybridized carbons (Fsp3) is 0.429. The van der Waals surface area contributed by atoms with Crippen molar-refractivity contribution in [1.82, 2.24) is 4.90 Å². The van der Waals surface area contributed by atoms with Crippen LogP contribution in [0.15, 0.2) is 18.2 Å². The molecule has 0 atom stereocenters. The van der Waals surface area contributed by atoms with Crippen LogP contribution in [-0.2, 0) is 9.53 Å². The van der Waals surface area contributed by atoms with Gasteiger partial charge in [0, 0.05) is 18.7 Å². The largest absolute Gasteiger partial charge is 0.469 e. The molecule has 0 N–H and O–H groups in total. The van der Waals surface area contributed by atoms with E-state index in [1.807, 2.05) is 6.92 Å². The van der Waals surface area contributed by atoms with Crippen LogP contribution in [0.5, 0.6) is 0 Å². The molecule has 110 valence electrons. The van der Waals surface area contributed by atoms with E-state index in [9.17, 15) is 9.59 Å². The monoisotopic (exact) mass is 317 g/mol. The topological polar surface area (TPSA) is 46.6 Å². The Morgan fingerprint density at radius 3 is 2.45 bits per heavy atom. The van der Waals surface area contributed by atoms with E-state index in [4.69, 9.17) is 23.2 Å². The molecule has 0 heterocycles. The molecule has 0 saturated carbocycles. The van der Waals surface area contributed by atoms with Crippen LogP contribution < -0.4 is 0 Å². The van der Waals surface area contributed by atoms with Gasteiger partial charge in [0.15, 0.2) is 0 Å². The van der Waals surface area contributed by atoms with Gasteiger partial charge in [-0.2, -0.15) is 0 Å². The van der Waals surface area contributed by atoms with Gasteiger partial charge in [-0.15, -0.1) is 0 Å². The standard InChI is InChI=1S/C14H17Cl2NO3/c1-3-7-17(8-6-13(18)20-2)14(19)10-4-5-11(15)12(16)9-10/h4-5,9H,3,6-8H2,1-2H3. The number of carbonyl (C=O) groups is 2. The quantitative estimate of drug-likeness (QED) is 0.755. The Balaban J connectivity index is 2.81. The number of benzene rings is 1. The second-order valence-corrected chi connectivity index (χ2v) is 5.06. The lowest BCUT2D eigenvalue weighted by Gasteiger charge is -2.21. The minimum atomic E-state index is -0.340. The number of amides is 1. The lowest BCUT2D eigenvalue weighted by Crippen LogP contribution is -2.33. The van der Waals surface area contributed by atoms with Crippen molar-refractivity contribution in [2.45, 2.75) is 19.8 Å². The number of hydrogen-bond acceptors (Lipinski definition) is 3. The second-order valence-electron chi connectivity index (χ2n) is 4.25. The zero-order chi connectivity index (χ0) is 15.1. The molecule has 0 aliphatic heterocycles. The van der Waals surface area contributed by atoms with Gasteiger partial charge in [-0.1, -0.05) is 30.1 Å². The zero-order valence-corrected chi connectivity index (χ0v) is 13.0. The van der Waals surface area contributed by atoms with Gasteiger partial charge in [0.05, 0.1) is 23.6 Å². The molecule has 1 rings (SSSR count). The molecule has 1 amide bonds. The van der Waals surface area contributed by atoms with Crippen LogP contribution >= 0.6 is 23.2 Å². The minimum absolute atomic E-state index is 0.170. The number of rotatable bonds is 6. The number of halogens is 2. The van der Waals surface area contributed by atoms with Crippen LogP contribution in [0.4, 0.5) is 0 Å². The molecule has 0 aliphatic carbocycles. The molecule has 20 heavy (non-hydrogen) atoms. The number of ether oxygens (including phenoxy) is 1. The van der Waals surface area contributed by atoms with Gasteiger partial charge in [-0.3, -0.25) is 9.59 Å². The number of nitrogens with zero attached hydrogens (tertiary/aromatic N) is 1. The predicted octanol–water partition coefficient (Wildman–Crippen LogP) is 3.41. The van der Waals surface area contributed by atoms with E-state index >= 15 is 0 Å². The van der Waals surface area contributed by atoms with E-state index in [0.29, 0.717) is 28.7 Å². The Labute approximate surface area is 128 Å². The van der Waals surface area contributed by atoms with Crippen molar-refractivity contribution < 1.29 is 14.3 Å². The first-order chi connectivity index (χ1) is 9.49. The van der Waals surface area contributed by atoms with Crippen LogP contribution in [-0.4, -0.2) is 37.0 Å². The van der Waals surface area contributed by atoms with Crippen LogP contribution in [0, 0.1) is 0 Å². The Bertz CT molecular complexity index is 491.